The molecule has 1 fully saturated rings. The number of thioether (sulfide) groups is 1. The third-order valence-corrected chi connectivity index (χ3v) is 6.23. The number of carbonyl (C=O) groups excluding carboxylic acids is 1. The smallest absolute Gasteiger partial charge is 0.326 e. The van der Waals surface area contributed by atoms with Crippen LogP contribution in [0, 0.1) is 0 Å². The van der Waals surface area contributed by atoms with Gasteiger partial charge in [-0.1, -0.05) is 12.8 Å². The van der Waals surface area contributed by atoms with E-state index in [1.165, 1.54) is 11.8 Å². The lowest BCUT2D eigenvalue weighted by Crippen LogP contribution is -2.41. The summed E-state index contributed by atoms with van der Waals surface area (Å²) in [5.74, 6) is -0.198. The van der Waals surface area contributed by atoms with Crippen LogP contribution < -0.4 is 11.0 Å². The highest BCUT2D eigenvalue weighted by Gasteiger charge is 2.22. The van der Waals surface area contributed by atoms with Gasteiger partial charge in [0.1, 0.15) is 0 Å². The summed E-state index contributed by atoms with van der Waals surface area (Å²) < 4.78 is 1.84. The van der Waals surface area contributed by atoms with Crippen molar-refractivity contribution in [3.05, 3.63) is 34.2 Å². The number of benzene rings is 1. The van der Waals surface area contributed by atoms with E-state index in [-0.39, 0.29) is 35.5 Å². The number of fused-ring (bicyclic) bond motifs is 1. The van der Waals surface area contributed by atoms with Gasteiger partial charge >= 0.3 is 5.69 Å². The second-order valence-corrected chi connectivity index (χ2v) is 7.77. The van der Waals surface area contributed by atoms with Gasteiger partial charge < -0.3 is 15.4 Å². The molecule has 136 valence electrons. The van der Waals surface area contributed by atoms with Crippen LogP contribution in [0.1, 0.15) is 49.0 Å². The van der Waals surface area contributed by atoms with Crippen molar-refractivity contribution in [2.75, 3.05) is 12.9 Å². The molecule has 1 aliphatic rings. The Morgan fingerprint density at radius 1 is 1.44 bits per heavy atom. The lowest BCUT2D eigenvalue weighted by Gasteiger charge is -2.21. The van der Waals surface area contributed by atoms with E-state index in [1.807, 2.05) is 23.8 Å². The molecule has 3 rings (SSSR count). The Hall–Kier alpha value is -1.73. The zero-order valence-corrected chi connectivity index (χ0v) is 15.4. The first-order valence-corrected chi connectivity index (χ1v) is 10.0. The van der Waals surface area contributed by atoms with Gasteiger partial charge in [0.05, 0.1) is 17.6 Å². The highest BCUT2D eigenvalue weighted by atomic mass is 32.2. The van der Waals surface area contributed by atoms with Crippen LogP contribution >= 0.6 is 11.8 Å². The lowest BCUT2D eigenvalue weighted by atomic mass is 10.1. The molecule has 0 spiro atoms. The van der Waals surface area contributed by atoms with E-state index in [0.717, 1.165) is 31.2 Å². The van der Waals surface area contributed by atoms with E-state index in [4.69, 9.17) is 0 Å². The summed E-state index contributed by atoms with van der Waals surface area (Å²) in [5, 5.41) is 12.2. The monoisotopic (exact) mass is 363 g/mol. The molecule has 25 heavy (non-hydrogen) atoms. The molecule has 0 saturated heterocycles. The normalized spacial score (nSPS) is 17.7. The Labute approximate surface area is 151 Å². The van der Waals surface area contributed by atoms with Crippen molar-refractivity contribution in [3.63, 3.8) is 0 Å². The first kappa shape index (κ1) is 18.1. The summed E-state index contributed by atoms with van der Waals surface area (Å²) in [6.07, 6.45) is 6.28. The summed E-state index contributed by atoms with van der Waals surface area (Å²) in [6.45, 7) is 1.89. The number of aromatic amines is 1. The molecule has 0 aliphatic heterocycles. The van der Waals surface area contributed by atoms with Gasteiger partial charge in [-0.25, -0.2) is 4.79 Å². The minimum atomic E-state index is -0.198. The number of nitrogens with one attached hydrogen (secondary N) is 2. The van der Waals surface area contributed by atoms with E-state index >= 15 is 0 Å². The molecule has 1 amide bonds. The van der Waals surface area contributed by atoms with Crippen molar-refractivity contribution in [2.24, 2.45) is 0 Å². The van der Waals surface area contributed by atoms with Crippen molar-refractivity contribution in [3.8, 4) is 0 Å². The van der Waals surface area contributed by atoms with Crippen LogP contribution in [-0.2, 0) is 0 Å². The van der Waals surface area contributed by atoms with Crippen LogP contribution in [-0.4, -0.2) is 44.7 Å². The number of amides is 1. The van der Waals surface area contributed by atoms with E-state index < -0.39 is 0 Å². The number of aromatic nitrogens is 2. The van der Waals surface area contributed by atoms with Crippen LogP contribution in [0.2, 0.25) is 0 Å². The fourth-order valence-electron chi connectivity index (χ4n) is 3.62. The van der Waals surface area contributed by atoms with Gasteiger partial charge in [-0.05, 0) is 44.2 Å². The van der Waals surface area contributed by atoms with Crippen molar-refractivity contribution >= 4 is 28.7 Å². The zero-order valence-electron chi connectivity index (χ0n) is 14.6. The number of nitrogens with zero attached hydrogens (tertiary/aromatic N) is 1. The average Bonchev–Trinajstić information content (AvgIpc) is 3.21. The van der Waals surface area contributed by atoms with Crippen molar-refractivity contribution in [2.45, 2.75) is 49.9 Å². The highest BCUT2D eigenvalue weighted by molar-refractivity contribution is 7.99. The molecule has 1 aliphatic carbocycles. The van der Waals surface area contributed by atoms with Gasteiger partial charge in [0, 0.05) is 22.9 Å². The maximum Gasteiger partial charge on any atom is 0.326 e. The maximum absolute atomic E-state index is 12.5. The van der Waals surface area contributed by atoms with Crippen LogP contribution in [0.5, 0.6) is 0 Å². The molecule has 3 N–H and O–H groups in total. The quantitative estimate of drug-likeness (QED) is 0.735. The molecule has 2 atom stereocenters. The van der Waals surface area contributed by atoms with Crippen LogP contribution in [0.15, 0.2) is 23.0 Å². The number of hydrogen-bond donors (Lipinski definition) is 3. The van der Waals surface area contributed by atoms with Gasteiger partial charge in [0.2, 0.25) is 0 Å². The van der Waals surface area contributed by atoms with E-state index in [2.05, 4.69) is 10.3 Å². The Balaban J connectivity index is 1.84. The summed E-state index contributed by atoms with van der Waals surface area (Å²) in [7, 11) is 0. The predicted molar refractivity (Wildman–Crippen MR) is 101 cm³/mol. The van der Waals surface area contributed by atoms with Gasteiger partial charge in [-0.2, -0.15) is 11.8 Å². The Bertz CT molecular complexity index is 803. The van der Waals surface area contributed by atoms with E-state index in [1.54, 1.807) is 12.1 Å². The number of H-pyrrole nitrogens is 1. The number of carbonyl (C=O) groups is 1. The molecule has 7 heteroatoms. The third-order valence-electron chi connectivity index (χ3n) is 5.07. The summed E-state index contributed by atoms with van der Waals surface area (Å²) in [6, 6.07) is 5.45. The minimum absolute atomic E-state index is 0.0131. The van der Waals surface area contributed by atoms with Crippen LogP contribution in [0.4, 0.5) is 0 Å². The van der Waals surface area contributed by atoms with E-state index in [9.17, 15) is 14.7 Å². The molecule has 1 saturated carbocycles. The number of aliphatic hydroxyl groups excluding tert-OH is 1. The molecule has 0 unspecified atom stereocenters. The fraction of sp³-hybridized carbons (Fsp3) is 0.556. The Kier molecular flexibility index (Phi) is 5.54. The number of aliphatic hydroxyl groups is 1. The zero-order chi connectivity index (χ0) is 18.0. The maximum atomic E-state index is 12.5. The molecule has 0 bridgehead atoms. The van der Waals surface area contributed by atoms with Gasteiger partial charge in [-0.3, -0.25) is 9.36 Å². The standard InChI is InChI=1S/C18H25N3O3S/c1-11(16(10-22)25-2)19-17(23)12-7-8-15-14(9-12)20-18(24)21(15)13-5-3-4-6-13/h7-9,11,13,16,22H,3-6,10H2,1-2H3,(H,19,23)(H,20,24)/t11-,16+/m0/s1. The van der Waals surface area contributed by atoms with E-state index in [0.29, 0.717) is 11.1 Å². The third kappa shape index (κ3) is 3.62. The van der Waals surface area contributed by atoms with Crippen LogP contribution in [0.25, 0.3) is 11.0 Å². The van der Waals surface area contributed by atoms with Crippen molar-refractivity contribution < 1.29 is 9.90 Å². The second kappa shape index (κ2) is 7.66. The molecule has 1 aromatic carbocycles. The minimum Gasteiger partial charge on any atom is -0.395 e. The summed E-state index contributed by atoms with van der Waals surface area (Å²) in [5.41, 5.74) is 1.96. The van der Waals surface area contributed by atoms with Gasteiger partial charge in [0.15, 0.2) is 0 Å². The number of imidazole rings is 1. The second-order valence-electron chi connectivity index (χ2n) is 6.69. The molecular formula is C18H25N3O3S. The number of hydrogen-bond acceptors (Lipinski definition) is 4. The lowest BCUT2D eigenvalue weighted by molar-refractivity contribution is 0.0936. The fourth-order valence-corrected chi connectivity index (χ4v) is 4.24. The molecule has 2 aromatic rings. The van der Waals surface area contributed by atoms with Gasteiger partial charge in [-0.15, -0.1) is 0 Å². The Morgan fingerprint density at radius 2 is 2.16 bits per heavy atom. The summed E-state index contributed by atoms with van der Waals surface area (Å²) in [4.78, 5) is 27.7. The molecule has 6 nitrogen and oxygen atoms in total. The average molecular weight is 363 g/mol. The largest absolute Gasteiger partial charge is 0.395 e. The van der Waals surface area contributed by atoms with Crippen molar-refractivity contribution in [1.29, 1.82) is 0 Å². The molecule has 0 radical (unpaired) electrons. The summed E-state index contributed by atoms with van der Waals surface area (Å²) >= 11 is 1.52. The SMILES string of the molecule is CS[C@H](CO)[C@H](C)NC(=O)c1ccc2c(c1)[nH]c(=O)n2C1CCCC1. The molecular weight excluding hydrogens is 338 g/mol. The topological polar surface area (TPSA) is 87.1 Å². The van der Waals surface area contributed by atoms with Gasteiger partial charge in [0.25, 0.3) is 5.91 Å². The molecule has 1 heterocycles. The van der Waals surface area contributed by atoms with Crippen LogP contribution in [0.3, 0.4) is 0 Å². The first-order chi connectivity index (χ1) is 12.0. The first-order valence-electron chi connectivity index (χ1n) is 8.74. The molecule has 1 aromatic heterocycles. The highest BCUT2D eigenvalue weighted by Crippen LogP contribution is 2.30. The van der Waals surface area contributed by atoms with Crippen molar-refractivity contribution in [1.82, 2.24) is 14.9 Å². The Morgan fingerprint density at radius 3 is 2.80 bits per heavy atom. The predicted octanol–water partition coefficient (Wildman–Crippen LogP) is 2.29. The number of rotatable bonds is 6.